The lowest BCUT2D eigenvalue weighted by Gasteiger charge is -2.00. The number of benzene rings is 3. The summed E-state index contributed by atoms with van der Waals surface area (Å²) in [5.74, 6) is 0.873. The van der Waals surface area contributed by atoms with Crippen molar-refractivity contribution >= 4 is 0 Å². The fourth-order valence-electron chi connectivity index (χ4n) is 3.16. The number of fused-ring (bicyclic) bond motifs is 1. The van der Waals surface area contributed by atoms with Gasteiger partial charge in [0.15, 0.2) is 0 Å². The molecule has 0 amide bonds. The van der Waals surface area contributed by atoms with Crippen molar-refractivity contribution in [1.29, 1.82) is 0 Å². The predicted octanol–water partition coefficient (Wildman–Crippen LogP) is 9.02. The van der Waals surface area contributed by atoms with Crippen LogP contribution in [0.25, 0.3) is 11.1 Å². The van der Waals surface area contributed by atoms with E-state index < -0.39 is 0 Å². The van der Waals surface area contributed by atoms with Gasteiger partial charge in [-0.05, 0) is 47.9 Å². The van der Waals surface area contributed by atoms with Gasteiger partial charge in [0.25, 0.3) is 0 Å². The van der Waals surface area contributed by atoms with E-state index in [1.54, 1.807) is 11.1 Å². The van der Waals surface area contributed by atoms with Crippen LogP contribution in [0.3, 0.4) is 0 Å². The van der Waals surface area contributed by atoms with Crippen LogP contribution in [0.15, 0.2) is 78.9 Å². The van der Waals surface area contributed by atoms with Gasteiger partial charge in [-0.1, -0.05) is 127 Å². The van der Waals surface area contributed by atoms with Crippen LogP contribution in [0, 0.1) is 12.8 Å². The normalized spacial score (nSPS) is 11.0. The van der Waals surface area contributed by atoms with Gasteiger partial charge in [0.1, 0.15) is 0 Å². The molecule has 0 heterocycles. The van der Waals surface area contributed by atoms with Gasteiger partial charge in [-0.3, -0.25) is 0 Å². The molecule has 154 valence electrons. The molecule has 3 aromatic carbocycles. The lowest BCUT2D eigenvalue weighted by atomic mass is 10.0. The molecule has 0 fully saturated rings. The van der Waals surface area contributed by atoms with Gasteiger partial charge in [-0.2, -0.15) is 0 Å². The van der Waals surface area contributed by atoms with E-state index in [0.29, 0.717) is 0 Å². The molecular weight excluding hydrogens is 336 g/mol. The maximum atomic E-state index is 2.32. The Balaban J connectivity index is 0. The third-order valence-corrected chi connectivity index (χ3v) is 4.41. The molecule has 1 aliphatic carbocycles. The summed E-state index contributed by atoms with van der Waals surface area (Å²) in [5, 5.41) is 0. The molecule has 0 saturated carbocycles. The van der Waals surface area contributed by atoms with Crippen LogP contribution in [-0.4, -0.2) is 0 Å². The lowest BCUT2D eigenvalue weighted by molar-refractivity contribution is 0.628. The van der Waals surface area contributed by atoms with Crippen LogP contribution in [0.4, 0.5) is 0 Å². The van der Waals surface area contributed by atoms with E-state index in [0.717, 1.165) is 5.92 Å². The highest BCUT2D eigenvalue weighted by molar-refractivity contribution is 5.63. The van der Waals surface area contributed by atoms with E-state index in [4.69, 9.17) is 0 Å². The highest BCUT2D eigenvalue weighted by atomic mass is 14.2. The Morgan fingerprint density at radius 3 is 1.43 bits per heavy atom. The molecule has 28 heavy (non-hydrogen) atoms. The molecule has 0 N–H and O–H groups in total. The van der Waals surface area contributed by atoms with E-state index in [1.165, 1.54) is 29.5 Å². The van der Waals surface area contributed by atoms with Crippen LogP contribution >= 0.6 is 0 Å². The van der Waals surface area contributed by atoms with Crippen LogP contribution in [0.2, 0.25) is 0 Å². The van der Waals surface area contributed by atoms with E-state index >= 15 is 0 Å². The van der Waals surface area contributed by atoms with Crippen molar-refractivity contribution in [3.8, 4) is 11.1 Å². The first kappa shape index (κ1) is 27.9. The molecule has 0 saturated heterocycles. The summed E-state index contributed by atoms with van der Waals surface area (Å²) < 4.78 is 0. The molecular formula is C28H42. The van der Waals surface area contributed by atoms with Crippen LogP contribution in [-0.2, 0) is 12.8 Å². The first-order valence-electron chi connectivity index (χ1n) is 9.41. The number of hydrogen-bond acceptors (Lipinski definition) is 0. The Bertz CT molecular complexity index is 714. The first-order valence-corrected chi connectivity index (χ1v) is 9.41. The van der Waals surface area contributed by atoms with Crippen molar-refractivity contribution in [1.82, 2.24) is 0 Å². The van der Waals surface area contributed by atoms with Gasteiger partial charge in [0, 0.05) is 0 Å². The van der Waals surface area contributed by atoms with Crippen molar-refractivity contribution in [2.75, 3.05) is 0 Å². The summed E-state index contributed by atoms with van der Waals surface area (Å²) in [5.41, 5.74) is 7.00. The second-order valence-corrected chi connectivity index (χ2v) is 6.51. The highest BCUT2D eigenvalue weighted by Crippen LogP contribution is 2.25. The van der Waals surface area contributed by atoms with Crippen molar-refractivity contribution in [3.63, 3.8) is 0 Å². The van der Waals surface area contributed by atoms with E-state index in [1.807, 2.05) is 19.9 Å². The molecule has 0 nitrogen and oxygen atoms in total. The van der Waals surface area contributed by atoms with Crippen molar-refractivity contribution in [2.24, 2.45) is 5.92 Å². The summed E-state index contributed by atoms with van der Waals surface area (Å²) in [6.45, 7) is 8.43. The Hall–Kier alpha value is -2.34. The van der Waals surface area contributed by atoms with Crippen molar-refractivity contribution < 1.29 is 0 Å². The zero-order valence-corrected chi connectivity index (χ0v) is 16.0. The van der Waals surface area contributed by atoms with Gasteiger partial charge in [0.05, 0.1) is 0 Å². The monoisotopic (exact) mass is 378 g/mol. The van der Waals surface area contributed by atoms with E-state index in [9.17, 15) is 0 Å². The standard InChI is InChI=1S/C13H12.C10H12.C2H6.3CH4/c1-11-7-9-13(10-8-11)12-5-3-2-4-6-12;1-8-6-9-4-2-3-5-10(9)7-8;1-2;;;/h2-10H,1H3;2-5,8H,6-7H2,1H3;1-2H3;3*1H4. The van der Waals surface area contributed by atoms with Gasteiger partial charge >= 0.3 is 0 Å². The number of hydrogen-bond donors (Lipinski definition) is 0. The van der Waals surface area contributed by atoms with E-state index in [2.05, 4.69) is 86.6 Å². The minimum atomic E-state index is 0. The Labute approximate surface area is 175 Å². The van der Waals surface area contributed by atoms with Gasteiger partial charge < -0.3 is 0 Å². The summed E-state index contributed by atoms with van der Waals surface area (Å²) in [6, 6.07) is 27.8. The average Bonchev–Trinajstić information content (AvgIpc) is 3.05. The molecule has 1 aliphatic rings. The SMILES string of the molecule is C.C.C.CC.CC1Cc2ccccc2C1.Cc1ccc(-c2ccccc2)cc1. The third kappa shape index (κ3) is 8.13. The van der Waals surface area contributed by atoms with Crippen molar-refractivity contribution in [3.05, 3.63) is 95.6 Å². The van der Waals surface area contributed by atoms with Gasteiger partial charge in [0.2, 0.25) is 0 Å². The Morgan fingerprint density at radius 2 is 0.964 bits per heavy atom. The smallest absolute Gasteiger partial charge is 0.0184 e. The third-order valence-electron chi connectivity index (χ3n) is 4.41. The summed E-state index contributed by atoms with van der Waals surface area (Å²) >= 11 is 0. The highest BCUT2D eigenvalue weighted by Gasteiger charge is 2.15. The number of aryl methyl sites for hydroxylation is 1. The molecule has 0 heteroatoms. The summed E-state index contributed by atoms with van der Waals surface area (Å²) in [6.07, 6.45) is 2.58. The molecule has 0 spiro atoms. The molecule has 0 unspecified atom stereocenters. The van der Waals surface area contributed by atoms with Gasteiger partial charge in [-0.15, -0.1) is 0 Å². The second kappa shape index (κ2) is 14.7. The van der Waals surface area contributed by atoms with Crippen molar-refractivity contribution in [2.45, 2.75) is 62.8 Å². The Morgan fingerprint density at radius 1 is 0.571 bits per heavy atom. The molecule has 3 aromatic rings. The zero-order valence-electron chi connectivity index (χ0n) is 16.0. The van der Waals surface area contributed by atoms with Crippen LogP contribution in [0.5, 0.6) is 0 Å². The van der Waals surface area contributed by atoms with Gasteiger partial charge in [-0.25, -0.2) is 0 Å². The lowest BCUT2D eigenvalue weighted by Crippen LogP contribution is -1.89. The number of rotatable bonds is 1. The maximum Gasteiger partial charge on any atom is -0.0184 e. The summed E-state index contributed by atoms with van der Waals surface area (Å²) in [4.78, 5) is 0. The maximum absolute atomic E-state index is 2.32. The molecule has 0 bridgehead atoms. The molecule has 0 radical (unpaired) electrons. The van der Waals surface area contributed by atoms with E-state index in [-0.39, 0.29) is 22.3 Å². The largest absolute Gasteiger partial charge is 0.0776 e. The quantitative estimate of drug-likeness (QED) is 0.396. The topological polar surface area (TPSA) is 0 Å². The minimum absolute atomic E-state index is 0. The fraction of sp³-hybridized carbons (Fsp3) is 0.357. The first-order chi connectivity index (χ1) is 12.2. The van der Waals surface area contributed by atoms with Crippen LogP contribution in [0.1, 0.15) is 59.7 Å². The van der Waals surface area contributed by atoms with Crippen LogP contribution < -0.4 is 0 Å². The Kier molecular flexibility index (Phi) is 14.6. The summed E-state index contributed by atoms with van der Waals surface area (Å²) in [7, 11) is 0. The molecule has 4 rings (SSSR count). The fourth-order valence-corrected chi connectivity index (χ4v) is 3.16. The minimum Gasteiger partial charge on any atom is -0.0776 e. The molecule has 0 aromatic heterocycles. The average molecular weight is 379 g/mol. The zero-order chi connectivity index (χ0) is 18.1. The predicted molar refractivity (Wildman–Crippen MR) is 131 cm³/mol. The molecule has 0 aliphatic heterocycles. The second-order valence-electron chi connectivity index (χ2n) is 6.51. The molecule has 0 atom stereocenters.